The summed E-state index contributed by atoms with van der Waals surface area (Å²) in [5.74, 6) is 0. The lowest BCUT2D eigenvalue weighted by molar-refractivity contribution is 0.596. The Hall–Kier alpha value is -0.740. The summed E-state index contributed by atoms with van der Waals surface area (Å²) in [6, 6.07) is 10.7. The van der Waals surface area contributed by atoms with E-state index in [-0.39, 0.29) is 24.9 Å². The average Bonchev–Trinajstić information content (AvgIpc) is 2.37. The highest BCUT2D eigenvalue weighted by Crippen LogP contribution is 2.37. The highest BCUT2D eigenvalue weighted by Gasteiger charge is 2.22. The minimum atomic E-state index is -3.68. The Morgan fingerprint density at radius 3 is 2.00 bits per heavy atom. The van der Waals surface area contributed by atoms with Gasteiger partial charge in [0, 0.05) is 0 Å². The van der Waals surface area contributed by atoms with Crippen LogP contribution in [0.2, 0.25) is 15.1 Å². The Bertz CT molecular complexity index is 682. The first-order valence-corrected chi connectivity index (χ1v) is 7.50. The predicted molar refractivity (Wildman–Crippen MR) is 73.4 cm³/mol. The van der Waals surface area contributed by atoms with Crippen molar-refractivity contribution in [2.45, 2.75) is 9.79 Å². The molecule has 6 heteroatoms. The number of rotatable bonds is 2. The Labute approximate surface area is 120 Å². The molecule has 0 unspecified atom stereocenters. The van der Waals surface area contributed by atoms with Crippen LogP contribution in [0.5, 0.6) is 0 Å². The molecule has 0 aliphatic heterocycles. The molecule has 0 heterocycles. The van der Waals surface area contributed by atoms with Gasteiger partial charge in [-0.15, -0.1) is 0 Å². The van der Waals surface area contributed by atoms with Crippen molar-refractivity contribution in [2.75, 3.05) is 0 Å². The van der Waals surface area contributed by atoms with Gasteiger partial charge in [0.1, 0.15) is 0 Å². The third-order valence-corrected chi connectivity index (χ3v) is 5.56. The Kier molecular flexibility index (Phi) is 3.87. The third kappa shape index (κ3) is 2.36. The number of benzene rings is 2. The van der Waals surface area contributed by atoms with E-state index < -0.39 is 9.84 Å². The van der Waals surface area contributed by atoms with Gasteiger partial charge in [-0.25, -0.2) is 8.42 Å². The Morgan fingerprint density at radius 2 is 1.39 bits per heavy atom. The molecule has 18 heavy (non-hydrogen) atoms. The summed E-state index contributed by atoms with van der Waals surface area (Å²) in [7, 11) is -3.68. The van der Waals surface area contributed by atoms with E-state index in [1.54, 1.807) is 18.2 Å². The molecule has 0 aliphatic carbocycles. The summed E-state index contributed by atoms with van der Waals surface area (Å²) >= 11 is 17.6. The Morgan fingerprint density at radius 1 is 0.778 bits per heavy atom. The first kappa shape index (κ1) is 13.7. The summed E-state index contributed by atoms with van der Waals surface area (Å²) in [6.07, 6.45) is 0. The van der Waals surface area contributed by atoms with Crippen molar-refractivity contribution in [3.05, 3.63) is 57.5 Å². The van der Waals surface area contributed by atoms with Crippen molar-refractivity contribution in [1.29, 1.82) is 0 Å². The van der Waals surface area contributed by atoms with Crippen molar-refractivity contribution >= 4 is 44.6 Å². The van der Waals surface area contributed by atoms with Gasteiger partial charge in [0.25, 0.3) is 0 Å². The molecule has 0 saturated heterocycles. The third-order valence-electron chi connectivity index (χ3n) is 2.34. The summed E-state index contributed by atoms with van der Waals surface area (Å²) in [5.41, 5.74) is 0. The predicted octanol–water partition coefficient (Wildman–Crippen LogP) is 4.48. The van der Waals surface area contributed by atoms with Crippen LogP contribution in [0.25, 0.3) is 0 Å². The highest BCUT2D eigenvalue weighted by atomic mass is 35.5. The Balaban J connectivity index is 2.67. The molecule has 0 bridgehead atoms. The smallest absolute Gasteiger partial charge is 0.208 e. The highest BCUT2D eigenvalue weighted by molar-refractivity contribution is 7.91. The monoisotopic (exact) mass is 320 g/mol. The van der Waals surface area contributed by atoms with Crippen LogP contribution in [0.4, 0.5) is 0 Å². The van der Waals surface area contributed by atoms with E-state index in [1.165, 1.54) is 24.3 Å². The average molecular weight is 322 g/mol. The van der Waals surface area contributed by atoms with Crippen LogP contribution in [0.1, 0.15) is 0 Å². The largest absolute Gasteiger partial charge is 0.218 e. The maximum Gasteiger partial charge on any atom is 0.208 e. The number of hydrogen-bond acceptors (Lipinski definition) is 2. The van der Waals surface area contributed by atoms with E-state index >= 15 is 0 Å². The van der Waals surface area contributed by atoms with Crippen LogP contribution in [-0.4, -0.2) is 8.42 Å². The second-order valence-corrected chi connectivity index (χ2v) is 6.57. The summed E-state index contributed by atoms with van der Waals surface area (Å²) in [4.78, 5) is 0.107. The van der Waals surface area contributed by atoms with Crippen molar-refractivity contribution in [3.8, 4) is 0 Å². The van der Waals surface area contributed by atoms with E-state index in [0.29, 0.717) is 0 Å². The molecule has 0 atom stereocenters. The van der Waals surface area contributed by atoms with Gasteiger partial charge in [0.15, 0.2) is 0 Å². The molecule has 2 rings (SSSR count). The number of halogens is 3. The summed E-state index contributed by atoms with van der Waals surface area (Å²) < 4.78 is 24.7. The molecule has 0 radical (unpaired) electrons. The summed E-state index contributed by atoms with van der Waals surface area (Å²) in [5, 5.41) is 0.192. The normalized spacial score (nSPS) is 11.5. The maximum atomic E-state index is 12.3. The number of sulfone groups is 1. The molecular formula is C12H7Cl3O2S. The molecule has 0 aromatic heterocycles. The quantitative estimate of drug-likeness (QED) is 0.764. The van der Waals surface area contributed by atoms with Gasteiger partial charge in [-0.3, -0.25) is 0 Å². The van der Waals surface area contributed by atoms with Crippen LogP contribution in [0.15, 0.2) is 52.3 Å². The van der Waals surface area contributed by atoms with Crippen LogP contribution in [0.3, 0.4) is 0 Å². The second-order valence-electron chi connectivity index (χ2n) is 3.49. The van der Waals surface area contributed by atoms with Gasteiger partial charge >= 0.3 is 0 Å². The lowest BCUT2D eigenvalue weighted by atomic mass is 10.3. The van der Waals surface area contributed by atoms with E-state index in [0.717, 1.165) is 0 Å². The van der Waals surface area contributed by atoms with Gasteiger partial charge in [-0.1, -0.05) is 53.0 Å². The molecule has 0 amide bonds. The molecule has 0 fully saturated rings. The van der Waals surface area contributed by atoms with Gasteiger partial charge in [-0.05, 0) is 24.3 Å². The zero-order chi connectivity index (χ0) is 13.3. The van der Waals surface area contributed by atoms with Crippen LogP contribution in [0, 0.1) is 0 Å². The fourth-order valence-electron chi connectivity index (χ4n) is 1.44. The minimum Gasteiger partial charge on any atom is -0.218 e. The van der Waals surface area contributed by atoms with Gasteiger partial charge < -0.3 is 0 Å². The molecule has 94 valence electrons. The fourth-order valence-corrected chi connectivity index (χ4v) is 3.69. The van der Waals surface area contributed by atoms with Crippen molar-refractivity contribution < 1.29 is 8.42 Å². The molecular weight excluding hydrogens is 315 g/mol. The molecule has 0 spiro atoms. The van der Waals surface area contributed by atoms with E-state index in [1.807, 2.05) is 0 Å². The van der Waals surface area contributed by atoms with E-state index in [9.17, 15) is 8.42 Å². The molecule has 0 N–H and O–H groups in total. The zero-order valence-electron chi connectivity index (χ0n) is 8.90. The van der Waals surface area contributed by atoms with E-state index in [4.69, 9.17) is 34.8 Å². The topological polar surface area (TPSA) is 34.1 Å². The first-order valence-electron chi connectivity index (χ1n) is 4.88. The summed E-state index contributed by atoms with van der Waals surface area (Å²) in [6.45, 7) is 0. The molecule has 0 saturated carbocycles. The van der Waals surface area contributed by atoms with Crippen LogP contribution in [-0.2, 0) is 9.84 Å². The van der Waals surface area contributed by atoms with E-state index in [2.05, 4.69) is 0 Å². The molecule has 0 aliphatic rings. The first-order chi connectivity index (χ1) is 8.44. The zero-order valence-corrected chi connectivity index (χ0v) is 12.0. The molecule has 2 nitrogen and oxygen atoms in total. The second kappa shape index (κ2) is 5.10. The minimum absolute atomic E-state index is 0.0374. The van der Waals surface area contributed by atoms with Gasteiger partial charge in [0.2, 0.25) is 9.84 Å². The maximum absolute atomic E-state index is 12.3. The fraction of sp³-hybridized carbons (Fsp3) is 0. The van der Waals surface area contributed by atoms with Gasteiger partial charge in [0.05, 0.1) is 24.9 Å². The number of hydrogen-bond donors (Lipinski definition) is 0. The van der Waals surface area contributed by atoms with Crippen molar-refractivity contribution in [2.24, 2.45) is 0 Å². The van der Waals surface area contributed by atoms with Crippen molar-refractivity contribution in [3.63, 3.8) is 0 Å². The molecule has 2 aromatic rings. The lowest BCUT2D eigenvalue weighted by Crippen LogP contribution is -2.02. The SMILES string of the molecule is O=S(=O)(c1ccccc1)c1ccc(Cl)c(Cl)c1Cl. The van der Waals surface area contributed by atoms with Crippen LogP contribution < -0.4 is 0 Å². The lowest BCUT2D eigenvalue weighted by Gasteiger charge is -2.08. The van der Waals surface area contributed by atoms with Gasteiger partial charge in [-0.2, -0.15) is 0 Å². The molecule has 2 aromatic carbocycles. The standard InChI is InChI=1S/C12H7Cl3O2S/c13-9-6-7-10(12(15)11(9)14)18(16,17)8-4-2-1-3-5-8/h1-7H. The van der Waals surface area contributed by atoms with Crippen molar-refractivity contribution in [1.82, 2.24) is 0 Å². The van der Waals surface area contributed by atoms with Crippen LogP contribution >= 0.6 is 34.8 Å².